The van der Waals surface area contributed by atoms with Gasteiger partial charge in [-0.15, -0.1) is 0 Å². The summed E-state index contributed by atoms with van der Waals surface area (Å²) >= 11 is 1.70. The van der Waals surface area contributed by atoms with Crippen LogP contribution in [0.5, 0.6) is 0 Å². The Morgan fingerprint density at radius 1 is 1.19 bits per heavy atom. The molecule has 1 aliphatic heterocycles. The van der Waals surface area contributed by atoms with Gasteiger partial charge < -0.3 is 9.62 Å². The first-order chi connectivity index (χ1) is 10.2. The monoisotopic (exact) mass is 302 g/mol. The van der Waals surface area contributed by atoms with Gasteiger partial charge in [0.1, 0.15) is 0 Å². The predicted octanol–water partition coefficient (Wildman–Crippen LogP) is 3.37. The fraction of sp³-hybridized carbons (Fsp3) is 0.438. The highest BCUT2D eigenvalue weighted by molar-refractivity contribution is 7.98. The Balaban J connectivity index is 1.82. The van der Waals surface area contributed by atoms with Crippen molar-refractivity contribution in [3.05, 3.63) is 36.0 Å². The summed E-state index contributed by atoms with van der Waals surface area (Å²) in [6, 6.07) is 10.6. The Labute approximate surface area is 130 Å². The zero-order chi connectivity index (χ0) is 14.7. The normalized spacial score (nSPS) is 16.0. The Bertz CT molecular complexity index is 608. The molecular weight excluding hydrogens is 280 g/mol. The van der Waals surface area contributed by atoms with Gasteiger partial charge in [0.2, 0.25) is 0 Å². The third-order valence-electron chi connectivity index (χ3n) is 3.61. The number of anilines is 1. The molecule has 4 nitrogen and oxygen atoms in total. The lowest BCUT2D eigenvalue weighted by Gasteiger charge is -2.16. The number of benzene rings is 1. The largest absolute Gasteiger partial charge is 0.315 e. The van der Waals surface area contributed by atoms with E-state index >= 15 is 0 Å². The van der Waals surface area contributed by atoms with Crippen molar-refractivity contribution in [2.45, 2.75) is 19.4 Å². The van der Waals surface area contributed by atoms with Crippen LogP contribution in [-0.4, -0.2) is 41.4 Å². The van der Waals surface area contributed by atoms with Crippen molar-refractivity contribution < 1.29 is 0 Å². The van der Waals surface area contributed by atoms with E-state index in [4.69, 9.17) is 4.98 Å². The van der Waals surface area contributed by atoms with Crippen LogP contribution in [-0.2, 0) is 6.54 Å². The van der Waals surface area contributed by atoms with Crippen molar-refractivity contribution in [1.29, 1.82) is 0 Å². The van der Waals surface area contributed by atoms with Gasteiger partial charge in [-0.1, -0.05) is 18.2 Å². The van der Waals surface area contributed by atoms with Crippen molar-refractivity contribution in [2.24, 2.45) is 0 Å². The van der Waals surface area contributed by atoms with Crippen LogP contribution in [0, 0.1) is 0 Å². The van der Waals surface area contributed by atoms with E-state index in [0.29, 0.717) is 0 Å². The second-order valence-electron chi connectivity index (χ2n) is 5.75. The molecule has 3 rings (SSSR count). The van der Waals surface area contributed by atoms with E-state index in [1.54, 1.807) is 12.1 Å². The first-order valence-electron chi connectivity index (χ1n) is 7.44. The van der Waals surface area contributed by atoms with Crippen LogP contribution in [0.15, 0.2) is 30.3 Å². The second kappa shape index (κ2) is 6.64. The molecule has 0 aliphatic carbocycles. The summed E-state index contributed by atoms with van der Waals surface area (Å²) in [7, 11) is 4.14. The van der Waals surface area contributed by atoms with Crippen LogP contribution in [0.3, 0.4) is 0 Å². The average Bonchev–Trinajstić information content (AvgIpc) is 2.97. The molecule has 0 radical (unpaired) electrons. The summed E-state index contributed by atoms with van der Waals surface area (Å²) in [6.45, 7) is 3.20. The van der Waals surface area contributed by atoms with E-state index in [2.05, 4.69) is 58.4 Å². The lowest BCUT2D eigenvalue weighted by molar-refractivity contribution is 0.397. The van der Waals surface area contributed by atoms with E-state index in [-0.39, 0.29) is 0 Å². The van der Waals surface area contributed by atoms with E-state index in [0.717, 1.165) is 23.4 Å². The standard InChI is InChI=1S/C16H22N4S/c1-19(2)12-14-9-8-13-6-5-7-15(16(13)17-14)18-21-20-10-3-4-11-20/h5-9,18H,3-4,10-12H2,1-2H3. The Morgan fingerprint density at radius 2 is 2.00 bits per heavy atom. The van der Waals surface area contributed by atoms with Crippen molar-refractivity contribution in [3.63, 3.8) is 0 Å². The third kappa shape index (κ3) is 3.67. The van der Waals surface area contributed by atoms with Crippen LogP contribution in [0.4, 0.5) is 5.69 Å². The highest BCUT2D eigenvalue weighted by Gasteiger charge is 2.13. The molecule has 0 saturated carbocycles. The van der Waals surface area contributed by atoms with Gasteiger partial charge in [0.15, 0.2) is 0 Å². The van der Waals surface area contributed by atoms with Gasteiger partial charge in [-0.25, -0.2) is 9.29 Å². The van der Waals surface area contributed by atoms with Gasteiger partial charge in [-0.3, -0.25) is 0 Å². The quantitative estimate of drug-likeness (QED) is 0.856. The Hall–Kier alpha value is -1.30. The number of pyridine rings is 1. The van der Waals surface area contributed by atoms with Crippen LogP contribution in [0.1, 0.15) is 18.5 Å². The molecule has 21 heavy (non-hydrogen) atoms. The second-order valence-corrected chi connectivity index (χ2v) is 6.65. The molecule has 0 atom stereocenters. The fourth-order valence-electron chi connectivity index (χ4n) is 2.58. The molecule has 2 heterocycles. The molecule has 0 amide bonds. The molecule has 0 bridgehead atoms. The predicted molar refractivity (Wildman–Crippen MR) is 91.2 cm³/mol. The zero-order valence-electron chi connectivity index (χ0n) is 12.7. The lowest BCUT2D eigenvalue weighted by atomic mass is 10.2. The smallest absolute Gasteiger partial charge is 0.0945 e. The first kappa shape index (κ1) is 14.6. The van der Waals surface area contributed by atoms with Gasteiger partial charge in [-0.2, -0.15) is 0 Å². The zero-order valence-corrected chi connectivity index (χ0v) is 13.5. The van der Waals surface area contributed by atoms with Crippen LogP contribution < -0.4 is 4.72 Å². The molecule has 0 spiro atoms. The van der Waals surface area contributed by atoms with E-state index in [1.165, 1.54) is 31.3 Å². The molecule has 2 aromatic rings. The molecule has 1 aliphatic rings. The maximum absolute atomic E-state index is 4.82. The number of hydrogen-bond acceptors (Lipinski definition) is 5. The molecule has 1 fully saturated rings. The van der Waals surface area contributed by atoms with Gasteiger partial charge >= 0.3 is 0 Å². The van der Waals surface area contributed by atoms with Crippen molar-refractivity contribution in [1.82, 2.24) is 14.2 Å². The van der Waals surface area contributed by atoms with Gasteiger partial charge in [0.25, 0.3) is 0 Å². The number of hydrogen-bond donors (Lipinski definition) is 1. The molecule has 0 unspecified atom stereocenters. The van der Waals surface area contributed by atoms with Crippen molar-refractivity contribution >= 4 is 28.7 Å². The number of nitrogens with zero attached hydrogens (tertiary/aromatic N) is 3. The lowest BCUT2D eigenvalue weighted by Crippen LogP contribution is -2.13. The first-order valence-corrected chi connectivity index (χ1v) is 8.21. The minimum atomic E-state index is 0.865. The molecule has 1 aromatic carbocycles. The third-order valence-corrected chi connectivity index (χ3v) is 4.54. The summed E-state index contributed by atoms with van der Waals surface area (Å²) in [4.78, 5) is 6.97. The van der Waals surface area contributed by atoms with Gasteiger partial charge in [-0.05, 0) is 39.1 Å². The van der Waals surface area contributed by atoms with Crippen LogP contribution in [0.2, 0.25) is 0 Å². The summed E-state index contributed by atoms with van der Waals surface area (Å²) < 4.78 is 5.85. The van der Waals surface area contributed by atoms with Gasteiger partial charge in [0, 0.05) is 37.2 Å². The van der Waals surface area contributed by atoms with Crippen LogP contribution >= 0.6 is 12.1 Å². The summed E-state index contributed by atoms with van der Waals surface area (Å²) in [5.74, 6) is 0. The fourth-order valence-corrected chi connectivity index (χ4v) is 3.41. The SMILES string of the molecule is CN(C)Cc1ccc2cccc(NSN3CCCC3)c2n1. The highest BCUT2D eigenvalue weighted by Crippen LogP contribution is 2.27. The maximum Gasteiger partial charge on any atom is 0.0945 e. The molecule has 112 valence electrons. The minimum absolute atomic E-state index is 0.865. The Morgan fingerprint density at radius 3 is 2.76 bits per heavy atom. The minimum Gasteiger partial charge on any atom is -0.315 e. The highest BCUT2D eigenvalue weighted by atomic mass is 32.2. The number of para-hydroxylation sites is 1. The summed E-state index contributed by atoms with van der Waals surface area (Å²) in [5.41, 5.74) is 3.27. The average molecular weight is 302 g/mol. The number of nitrogens with one attached hydrogen (secondary N) is 1. The van der Waals surface area contributed by atoms with Crippen molar-refractivity contribution in [2.75, 3.05) is 31.9 Å². The maximum atomic E-state index is 4.82. The summed E-state index contributed by atoms with van der Waals surface area (Å²) in [5, 5.41) is 1.18. The van der Waals surface area contributed by atoms with E-state index in [1.807, 2.05) is 0 Å². The molecule has 1 aromatic heterocycles. The van der Waals surface area contributed by atoms with Crippen molar-refractivity contribution in [3.8, 4) is 0 Å². The number of rotatable bonds is 5. The van der Waals surface area contributed by atoms with E-state index in [9.17, 15) is 0 Å². The summed E-state index contributed by atoms with van der Waals surface area (Å²) in [6.07, 6.45) is 2.60. The van der Waals surface area contributed by atoms with E-state index < -0.39 is 0 Å². The topological polar surface area (TPSA) is 31.4 Å². The molecule has 1 N–H and O–H groups in total. The number of aromatic nitrogens is 1. The Kier molecular flexibility index (Phi) is 4.63. The molecule has 5 heteroatoms. The van der Waals surface area contributed by atoms with Gasteiger partial charge in [0.05, 0.1) is 16.9 Å². The molecular formula is C16H22N4S. The molecule has 1 saturated heterocycles. The number of fused-ring (bicyclic) bond motifs is 1. The van der Waals surface area contributed by atoms with Crippen LogP contribution in [0.25, 0.3) is 10.9 Å².